The Morgan fingerprint density at radius 3 is 2.46 bits per heavy atom. The molecule has 0 bridgehead atoms. The average Bonchev–Trinajstić information content (AvgIpc) is 3.24. The summed E-state index contributed by atoms with van der Waals surface area (Å²) in [6.07, 6.45) is -1.21. The average molecular weight is 546 g/mol. The minimum atomic E-state index is -1.39. The summed E-state index contributed by atoms with van der Waals surface area (Å²) in [4.78, 5) is 71.1. The Kier molecular flexibility index (Phi) is 6.13. The van der Waals surface area contributed by atoms with Gasteiger partial charge in [0.15, 0.2) is 11.5 Å². The molecule has 1 aromatic rings. The topological polar surface area (TPSA) is 215 Å². The molecule has 3 aliphatic heterocycles. The van der Waals surface area contributed by atoms with E-state index in [1.165, 1.54) is 14.0 Å². The zero-order chi connectivity index (χ0) is 28.4. The van der Waals surface area contributed by atoms with Gasteiger partial charge < -0.3 is 45.5 Å². The van der Waals surface area contributed by atoms with Crippen LogP contribution in [-0.2, 0) is 28.7 Å². The Hall–Kier alpha value is -4.40. The first-order chi connectivity index (χ1) is 18.4. The minimum absolute atomic E-state index is 0.0169. The largest absolute Gasteiger partial charge is 0.492 e. The maximum Gasteiger partial charge on any atom is 0.404 e. The molecule has 0 radical (unpaired) electrons. The zero-order valence-electron chi connectivity index (χ0n) is 21.1. The molecule has 0 saturated carbocycles. The first kappa shape index (κ1) is 26.2. The summed E-state index contributed by atoms with van der Waals surface area (Å²) >= 11 is 0. The van der Waals surface area contributed by atoms with Crippen molar-refractivity contribution in [2.45, 2.75) is 44.0 Å². The van der Waals surface area contributed by atoms with Gasteiger partial charge >= 0.3 is 12.1 Å². The molecule has 208 valence electrons. The van der Waals surface area contributed by atoms with E-state index in [0.717, 1.165) is 12.1 Å². The molecule has 39 heavy (non-hydrogen) atoms. The fourth-order valence-corrected chi connectivity index (χ4v) is 6.06. The Balaban J connectivity index is 1.31. The van der Waals surface area contributed by atoms with Gasteiger partial charge in [0.1, 0.15) is 12.6 Å². The van der Waals surface area contributed by atoms with E-state index in [9.17, 15) is 34.2 Å². The zero-order valence-corrected chi connectivity index (χ0v) is 21.1. The summed E-state index contributed by atoms with van der Waals surface area (Å²) < 4.78 is 11.5. The Bertz CT molecular complexity index is 1330. The number of allylic oxidation sites excluding steroid dienone is 1. The van der Waals surface area contributed by atoms with Gasteiger partial charge in [0.2, 0.25) is 23.5 Å². The molecule has 2 amide bonds. The van der Waals surface area contributed by atoms with E-state index in [0.29, 0.717) is 4.73 Å². The van der Waals surface area contributed by atoms with Crippen LogP contribution >= 0.6 is 0 Å². The van der Waals surface area contributed by atoms with Gasteiger partial charge in [-0.1, -0.05) is 0 Å². The predicted octanol–water partition coefficient (Wildman–Crippen LogP) is -0.951. The quantitative estimate of drug-likeness (QED) is 0.292. The number of hydrogen-bond donors (Lipinski definition) is 4. The second kappa shape index (κ2) is 9.11. The Morgan fingerprint density at radius 1 is 1.18 bits per heavy atom. The summed E-state index contributed by atoms with van der Waals surface area (Å²) in [5, 5.41) is 27.3. The molecule has 5 N–H and O–H groups in total. The molecule has 1 aliphatic carbocycles. The molecule has 0 spiro atoms. The number of carbonyl (C=O) groups is 5. The number of ether oxygens (including phenoxy) is 2. The molecule has 15 nitrogen and oxygen atoms in total. The third kappa shape index (κ3) is 3.75. The van der Waals surface area contributed by atoms with Crippen LogP contribution in [0.1, 0.15) is 26.2 Å². The molecule has 0 aromatic carbocycles. The fourth-order valence-electron chi connectivity index (χ4n) is 6.06. The first-order valence-corrected chi connectivity index (χ1v) is 12.2. The highest BCUT2D eigenvalue weighted by Crippen LogP contribution is 2.59. The highest BCUT2D eigenvalue weighted by Gasteiger charge is 2.77. The van der Waals surface area contributed by atoms with Crippen LogP contribution in [0.25, 0.3) is 0 Å². The third-order valence-electron chi connectivity index (χ3n) is 7.84. The van der Waals surface area contributed by atoms with E-state index >= 15 is 0 Å². The van der Waals surface area contributed by atoms with E-state index in [4.69, 9.17) is 25.5 Å². The number of nitrogens with zero attached hydrogens (tertiary/aromatic N) is 3. The lowest BCUT2D eigenvalue weighted by Gasteiger charge is -2.41. The number of aromatic hydroxyl groups is 2. The third-order valence-corrected chi connectivity index (χ3v) is 7.84. The summed E-state index contributed by atoms with van der Waals surface area (Å²) in [5.74, 6) is -5.01. The standard InChI is InChI=1S/C24H27N5O10/c1-10-18(25)21(35)17-11(9-38-23(26)36)24(37-2)22-12(8-27(24)19(17)20(10)34)28(22)13(30)4-3-5-16(33)39-29-14(31)6-7-15(29)32/h6-7,10-12,22,25,31-32H,3-5,8-9H2,1-2H3,(H2,26,36)/t10?,11-,12-,22-,24+,28?/m0/s1. The van der Waals surface area contributed by atoms with E-state index in [-0.39, 0.29) is 54.7 Å². The van der Waals surface area contributed by atoms with Gasteiger partial charge in [-0.15, -0.1) is 4.73 Å². The van der Waals surface area contributed by atoms with Gasteiger partial charge in [0, 0.05) is 44.2 Å². The molecule has 2 saturated heterocycles. The number of ketones is 2. The van der Waals surface area contributed by atoms with Crippen LogP contribution in [0.15, 0.2) is 23.4 Å². The van der Waals surface area contributed by atoms with Gasteiger partial charge in [0.05, 0.1) is 29.3 Å². The first-order valence-electron chi connectivity index (χ1n) is 12.2. The lowest BCUT2D eigenvalue weighted by atomic mass is 9.79. The van der Waals surface area contributed by atoms with Gasteiger partial charge in [-0.3, -0.25) is 14.4 Å². The van der Waals surface area contributed by atoms with Crippen molar-refractivity contribution in [1.29, 1.82) is 5.41 Å². The molecular formula is C24H27N5O10. The van der Waals surface area contributed by atoms with E-state index in [1.54, 1.807) is 9.80 Å². The molecule has 4 aliphatic rings. The SMILES string of the molecule is CO[C@]12[C@@H]3[C@H](CN1C1=C(C(=O)C(=N)C(C)C1=O)[C@@H]2COC(N)=O)N3C(=O)CCCC(=O)On1c(O)ccc1O. The number of methoxy groups -OCH3 is 1. The van der Waals surface area contributed by atoms with Crippen molar-refractivity contribution < 1.29 is 48.5 Å². The van der Waals surface area contributed by atoms with Crippen molar-refractivity contribution >= 4 is 35.2 Å². The number of piperazine rings is 1. The van der Waals surface area contributed by atoms with Gasteiger partial charge in [-0.05, 0) is 13.3 Å². The number of nitrogens with two attached hydrogens (primary N) is 1. The van der Waals surface area contributed by atoms with Gasteiger partial charge in [-0.25, -0.2) is 9.59 Å². The van der Waals surface area contributed by atoms with Gasteiger partial charge in [0.25, 0.3) is 0 Å². The van der Waals surface area contributed by atoms with E-state index in [2.05, 4.69) is 0 Å². The van der Waals surface area contributed by atoms with Crippen molar-refractivity contribution in [3.63, 3.8) is 0 Å². The van der Waals surface area contributed by atoms with E-state index < -0.39 is 65.6 Å². The summed E-state index contributed by atoms with van der Waals surface area (Å²) in [5.41, 5.74) is 3.54. The van der Waals surface area contributed by atoms with Crippen molar-refractivity contribution in [1.82, 2.24) is 14.5 Å². The monoisotopic (exact) mass is 545 g/mol. The van der Waals surface area contributed by atoms with Crippen LogP contribution in [0.2, 0.25) is 0 Å². The molecule has 1 aromatic heterocycles. The molecule has 15 heteroatoms. The summed E-state index contributed by atoms with van der Waals surface area (Å²) in [6.45, 7) is 1.27. The van der Waals surface area contributed by atoms with Crippen LogP contribution in [0.5, 0.6) is 11.8 Å². The predicted molar refractivity (Wildman–Crippen MR) is 127 cm³/mol. The number of primary amides is 1. The maximum absolute atomic E-state index is 13.2. The molecular weight excluding hydrogens is 518 g/mol. The van der Waals surface area contributed by atoms with Crippen molar-refractivity contribution in [2.75, 3.05) is 20.3 Å². The van der Waals surface area contributed by atoms with Crippen molar-refractivity contribution in [3.05, 3.63) is 23.4 Å². The normalized spacial score (nSPS) is 28.8. The number of Topliss-reactive ketones (excluding diaryl/α,β-unsaturated/α-hetero) is 2. The number of rotatable bonds is 8. The smallest absolute Gasteiger partial charge is 0.404 e. The number of carbonyl (C=O) groups excluding carboxylic acids is 5. The number of fused-ring (bicyclic) bond motifs is 4. The molecule has 5 rings (SSSR count). The van der Waals surface area contributed by atoms with Crippen LogP contribution in [0, 0.1) is 17.2 Å². The molecule has 2 fully saturated rings. The highest BCUT2D eigenvalue weighted by atomic mass is 16.7. The van der Waals surface area contributed by atoms with Crippen molar-refractivity contribution in [3.8, 4) is 11.8 Å². The number of hydrogen-bond acceptors (Lipinski definition) is 12. The van der Waals surface area contributed by atoms with E-state index in [1.807, 2.05) is 0 Å². The summed E-state index contributed by atoms with van der Waals surface area (Å²) in [7, 11) is 1.37. The van der Waals surface area contributed by atoms with Crippen molar-refractivity contribution in [2.24, 2.45) is 17.6 Å². The number of nitrogens with one attached hydrogen (secondary N) is 1. The minimum Gasteiger partial charge on any atom is -0.492 e. The van der Waals surface area contributed by atoms with Gasteiger partial charge in [-0.2, -0.15) is 0 Å². The maximum atomic E-state index is 13.2. The second-order valence-electron chi connectivity index (χ2n) is 9.81. The number of amides is 2. The van der Waals surface area contributed by atoms with Crippen LogP contribution < -0.4 is 10.6 Å². The lowest BCUT2D eigenvalue weighted by Crippen LogP contribution is -2.56. The number of aromatic nitrogens is 1. The highest BCUT2D eigenvalue weighted by molar-refractivity contribution is 6.52. The fraction of sp³-hybridized carbons (Fsp3) is 0.500. The molecule has 1 unspecified atom stereocenters. The summed E-state index contributed by atoms with van der Waals surface area (Å²) in [6, 6.07) is 1.33. The van der Waals surface area contributed by atoms with Crippen LogP contribution in [-0.4, -0.2) is 98.1 Å². The molecule has 4 heterocycles. The van der Waals surface area contributed by atoms with Crippen LogP contribution in [0.3, 0.4) is 0 Å². The van der Waals surface area contributed by atoms with Crippen LogP contribution in [0.4, 0.5) is 4.79 Å². The Morgan fingerprint density at radius 2 is 1.85 bits per heavy atom. The second-order valence-corrected chi connectivity index (χ2v) is 9.81. The lowest BCUT2D eigenvalue weighted by molar-refractivity contribution is -0.154. The molecule has 5 atom stereocenters. The Labute approximate surface area is 221 Å².